The molecule has 8 heteroatoms. The molecule has 1 unspecified atom stereocenters. The first-order valence-electron chi connectivity index (χ1n) is 14.2. The molecule has 4 amide bonds. The summed E-state index contributed by atoms with van der Waals surface area (Å²) in [7, 11) is 1.59. The van der Waals surface area contributed by atoms with Crippen molar-refractivity contribution in [3.63, 3.8) is 0 Å². The number of carbonyl (C=O) groups is 3. The van der Waals surface area contributed by atoms with Gasteiger partial charge in [0.05, 0.1) is 12.1 Å². The summed E-state index contributed by atoms with van der Waals surface area (Å²) in [6.45, 7) is 4.02. The first-order chi connectivity index (χ1) is 20.2. The molecule has 0 spiro atoms. The third-order valence-corrected chi connectivity index (χ3v) is 7.73. The Kier molecular flexibility index (Phi) is 8.27. The van der Waals surface area contributed by atoms with Gasteiger partial charge in [-0.3, -0.25) is 9.59 Å². The number of amides is 4. The summed E-state index contributed by atoms with van der Waals surface area (Å²) in [6.07, 6.45) is 1.13. The van der Waals surface area contributed by atoms with E-state index in [1.807, 2.05) is 72.8 Å². The molecule has 0 aromatic heterocycles. The SMILES string of the molecule is CNC(=O)NCc1ccccc1-c1ccc(CN2C(=O)C(NC(=O)C(C)(C)N)CCc3c2ccc2ccccc32)cc1. The first-order valence-corrected chi connectivity index (χ1v) is 14.2. The van der Waals surface area contributed by atoms with Gasteiger partial charge in [-0.1, -0.05) is 78.9 Å². The highest BCUT2D eigenvalue weighted by molar-refractivity contribution is 6.04. The van der Waals surface area contributed by atoms with Crippen LogP contribution in [0.5, 0.6) is 0 Å². The summed E-state index contributed by atoms with van der Waals surface area (Å²) in [4.78, 5) is 40.4. The molecule has 1 aliphatic rings. The quantitative estimate of drug-likeness (QED) is 0.262. The normalized spacial score (nSPS) is 15.1. The number of anilines is 1. The van der Waals surface area contributed by atoms with Crippen LogP contribution in [0.4, 0.5) is 10.5 Å². The predicted molar refractivity (Wildman–Crippen MR) is 167 cm³/mol. The highest BCUT2D eigenvalue weighted by atomic mass is 16.2. The van der Waals surface area contributed by atoms with Gasteiger partial charge in [0.25, 0.3) is 0 Å². The number of rotatable bonds is 7. The lowest BCUT2D eigenvalue weighted by atomic mass is 9.97. The molecule has 0 saturated carbocycles. The van der Waals surface area contributed by atoms with E-state index in [2.05, 4.69) is 28.1 Å². The maximum absolute atomic E-state index is 14.0. The molecule has 1 heterocycles. The minimum atomic E-state index is -1.10. The fourth-order valence-electron chi connectivity index (χ4n) is 5.39. The number of nitrogens with two attached hydrogens (primary N) is 1. The van der Waals surface area contributed by atoms with Crippen molar-refractivity contribution in [1.29, 1.82) is 0 Å². The zero-order valence-corrected chi connectivity index (χ0v) is 24.2. The van der Waals surface area contributed by atoms with E-state index < -0.39 is 11.6 Å². The van der Waals surface area contributed by atoms with E-state index in [0.29, 0.717) is 25.9 Å². The van der Waals surface area contributed by atoms with Crippen LogP contribution < -0.4 is 26.6 Å². The highest BCUT2D eigenvalue weighted by Gasteiger charge is 2.34. The topological polar surface area (TPSA) is 117 Å². The van der Waals surface area contributed by atoms with E-state index in [0.717, 1.165) is 44.3 Å². The summed E-state index contributed by atoms with van der Waals surface area (Å²) in [5.41, 5.74) is 10.9. The van der Waals surface area contributed by atoms with E-state index in [-0.39, 0.29) is 17.8 Å². The average Bonchev–Trinajstić information content (AvgIpc) is 3.12. The van der Waals surface area contributed by atoms with Crippen LogP contribution in [0.15, 0.2) is 84.9 Å². The van der Waals surface area contributed by atoms with Crippen LogP contribution in [0, 0.1) is 0 Å². The van der Waals surface area contributed by atoms with Gasteiger partial charge in [0.2, 0.25) is 11.8 Å². The smallest absolute Gasteiger partial charge is 0.314 e. The Morgan fingerprint density at radius 3 is 2.40 bits per heavy atom. The largest absolute Gasteiger partial charge is 0.343 e. The second kappa shape index (κ2) is 12.0. The minimum absolute atomic E-state index is 0.156. The van der Waals surface area contributed by atoms with Crippen LogP contribution in [0.25, 0.3) is 21.9 Å². The van der Waals surface area contributed by atoms with Gasteiger partial charge in [0, 0.05) is 19.3 Å². The Balaban J connectivity index is 1.46. The number of aryl methyl sites for hydroxylation is 1. The van der Waals surface area contributed by atoms with Gasteiger partial charge >= 0.3 is 6.03 Å². The molecule has 5 N–H and O–H groups in total. The summed E-state index contributed by atoms with van der Waals surface area (Å²) in [6, 6.07) is 27.4. The number of nitrogens with one attached hydrogen (secondary N) is 3. The Morgan fingerprint density at radius 2 is 1.67 bits per heavy atom. The van der Waals surface area contributed by atoms with Crippen molar-refractivity contribution in [3.05, 3.63) is 102 Å². The van der Waals surface area contributed by atoms with E-state index in [4.69, 9.17) is 5.73 Å². The second-order valence-electron chi connectivity index (χ2n) is 11.3. The Morgan fingerprint density at radius 1 is 0.952 bits per heavy atom. The molecule has 8 nitrogen and oxygen atoms in total. The van der Waals surface area contributed by atoms with Crippen molar-refractivity contribution in [3.8, 4) is 11.1 Å². The third-order valence-electron chi connectivity index (χ3n) is 7.73. The predicted octanol–water partition coefficient (Wildman–Crippen LogP) is 4.64. The number of urea groups is 1. The fraction of sp³-hybridized carbons (Fsp3) is 0.265. The maximum atomic E-state index is 14.0. The molecule has 0 fully saturated rings. The zero-order valence-electron chi connectivity index (χ0n) is 24.2. The van der Waals surface area contributed by atoms with Gasteiger partial charge in [-0.15, -0.1) is 0 Å². The highest BCUT2D eigenvalue weighted by Crippen LogP contribution is 2.35. The Bertz CT molecular complexity index is 1620. The second-order valence-corrected chi connectivity index (χ2v) is 11.3. The fourth-order valence-corrected chi connectivity index (χ4v) is 5.39. The van der Waals surface area contributed by atoms with Crippen LogP contribution in [0.1, 0.15) is 37.0 Å². The standard InChI is InChI=1S/C34H37N5O3/c1-34(2,35)32(41)38-29-18-17-28-27-11-7-4-8-23(27)16-19-30(28)39(31(29)40)21-22-12-14-24(15-13-22)26-10-6-5-9-25(26)20-37-33(42)36-3/h4-16,19,29H,17-18,20-21,35H2,1-3H3,(H,38,41)(H2,36,37,42). The monoisotopic (exact) mass is 563 g/mol. The van der Waals surface area contributed by atoms with Crippen LogP contribution in [-0.4, -0.2) is 36.5 Å². The number of carbonyl (C=O) groups excluding carboxylic acids is 3. The van der Waals surface area contributed by atoms with E-state index in [1.165, 1.54) is 0 Å². The molecular formula is C34H37N5O3. The van der Waals surface area contributed by atoms with Crippen LogP contribution in [-0.2, 0) is 29.1 Å². The van der Waals surface area contributed by atoms with Crippen LogP contribution in [0.2, 0.25) is 0 Å². The van der Waals surface area contributed by atoms with Crippen LogP contribution >= 0.6 is 0 Å². The first kappa shape index (κ1) is 28.8. The number of hydrogen-bond acceptors (Lipinski definition) is 4. The summed E-state index contributed by atoms with van der Waals surface area (Å²) in [5, 5.41) is 10.6. The van der Waals surface area contributed by atoms with Gasteiger partial charge in [-0.05, 0) is 71.3 Å². The van der Waals surface area contributed by atoms with Gasteiger partial charge in [-0.2, -0.15) is 0 Å². The maximum Gasteiger partial charge on any atom is 0.314 e. The zero-order chi connectivity index (χ0) is 29.9. The Hall–Kier alpha value is -4.69. The molecule has 5 rings (SSSR count). The van der Waals surface area contributed by atoms with Gasteiger partial charge in [0.15, 0.2) is 0 Å². The molecule has 4 aromatic rings. The van der Waals surface area contributed by atoms with Gasteiger partial charge in [-0.25, -0.2) is 4.79 Å². The van der Waals surface area contributed by atoms with E-state index in [9.17, 15) is 14.4 Å². The lowest BCUT2D eigenvalue weighted by molar-refractivity contribution is -0.130. The minimum Gasteiger partial charge on any atom is -0.343 e. The summed E-state index contributed by atoms with van der Waals surface area (Å²) >= 11 is 0. The lowest BCUT2D eigenvalue weighted by Crippen LogP contribution is -2.56. The average molecular weight is 564 g/mol. The van der Waals surface area contributed by atoms with Gasteiger partial charge in [0.1, 0.15) is 6.04 Å². The molecule has 42 heavy (non-hydrogen) atoms. The van der Waals surface area contributed by atoms with Crippen molar-refractivity contribution in [1.82, 2.24) is 16.0 Å². The molecule has 0 aliphatic carbocycles. The van der Waals surface area contributed by atoms with E-state index >= 15 is 0 Å². The molecule has 0 radical (unpaired) electrons. The molecule has 0 bridgehead atoms. The van der Waals surface area contributed by atoms with Crippen molar-refractivity contribution >= 4 is 34.3 Å². The summed E-state index contributed by atoms with van der Waals surface area (Å²) in [5.74, 6) is -0.512. The lowest BCUT2D eigenvalue weighted by Gasteiger charge is -2.28. The molecule has 216 valence electrons. The van der Waals surface area contributed by atoms with Crippen molar-refractivity contribution in [2.45, 2.75) is 51.4 Å². The Labute approximate surface area is 246 Å². The molecule has 4 aromatic carbocycles. The molecular weight excluding hydrogens is 526 g/mol. The van der Waals surface area contributed by atoms with Crippen molar-refractivity contribution in [2.75, 3.05) is 11.9 Å². The number of fused-ring (bicyclic) bond motifs is 3. The van der Waals surface area contributed by atoms with Crippen molar-refractivity contribution in [2.24, 2.45) is 5.73 Å². The molecule has 0 saturated heterocycles. The number of benzene rings is 4. The van der Waals surface area contributed by atoms with Crippen LogP contribution in [0.3, 0.4) is 0 Å². The van der Waals surface area contributed by atoms with Crippen molar-refractivity contribution < 1.29 is 14.4 Å². The van der Waals surface area contributed by atoms with E-state index in [1.54, 1.807) is 25.8 Å². The van der Waals surface area contributed by atoms with Gasteiger partial charge < -0.3 is 26.6 Å². The number of nitrogens with zero attached hydrogens (tertiary/aromatic N) is 1. The summed E-state index contributed by atoms with van der Waals surface area (Å²) < 4.78 is 0. The molecule has 1 atom stereocenters. The third kappa shape index (κ3) is 6.14. The number of hydrogen-bond donors (Lipinski definition) is 4. The molecule has 1 aliphatic heterocycles.